The second-order valence-corrected chi connectivity index (χ2v) is 4.11. The summed E-state index contributed by atoms with van der Waals surface area (Å²) in [6.45, 7) is 1.85. The van der Waals surface area contributed by atoms with Gasteiger partial charge in [-0.25, -0.2) is 4.39 Å². The van der Waals surface area contributed by atoms with Crippen molar-refractivity contribution in [2.75, 3.05) is 13.2 Å². The van der Waals surface area contributed by atoms with Crippen LogP contribution in [0.4, 0.5) is 4.39 Å². The standard InChI is InChI=1S/C12H15FN2O2/c13-11-5-8(12(14)16)1-2-9(11)6-15-10-3-4-17-7-10/h1-2,5,10,15H,3-4,6-7H2,(H2,14,16). The fraction of sp³-hybridized carbons (Fsp3) is 0.417. The molecule has 92 valence electrons. The first-order valence-corrected chi connectivity index (χ1v) is 5.56. The van der Waals surface area contributed by atoms with Crippen molar-refractivity contribution < 1.29 is 13.9 Å². The van der Waals surface area contributed by atoms with Gasteiger partial charge in [0.1, 0.15) is 5.82 Å². The van der Waals surface area contributed by atoms with Crippen molar-refractivity contribution in [1.82, 2.24) is 5.32 Å². The van der Waals surface area contributed by atoms with Crippen molar-refractivity contribution in [1.29, 1.82) is 0 Å². The molecular formula is C12H15FN2O2. The highest BCUT2D eigenvalue weighted by Crippen LogP contribution is 2.11. The van der Waals surface area contributed by atoms with Gasteiger partial charge in [-0.1, -0.05) is 6.07 Å². The summed E-state index contributed by atoms with van der Waals surface area (Å²) in [5.74, 6) is -1.03. The number of halogens is 1. The quantitative estimate of drug-likeness (QED) is 0.815. The number of carbonyl (C=O) groups excluding carboxylic acids is 1. The van der Waals surface area contributed by atoms with E-state index in [9.17, 15) is 9.18 Å². The summed E-state index contributed by atoms with van der Waals surface area (Å²) >= 11 is 0. The molecule has 1 amide bonds. The lowest BCUT2D eigenvalue weighted by Gasteiger charge is -2.11. The largest absolute Gasteiger partial charge is 0.380 e. The number of nitrogens with two attached hydrogens (primary N) is 1. The zero-order valence-corrected chi connectivity index (χ0v) is 9.41. The molecule has 1 aliphatic rings. The summed E-state index contributed by atoms with van der Waals surface area (Å²) in [5.41, 5.74) is 5.79. The highest BCUT2D eigenvalue weighted by Gasteiger charge is 2.15. The number of amides is 1. The van der Waals surface area contributed by atoms with Crippen LogP contribution in [0, 0.1) is 5.82 Å². The van der Waals surface area contributed by atoms with Crippen molar-refractivity contribution in [3.8, 4) is 0 Å². The molecule has 0 bridgehead atoms. The molecule has 1 aliphatic heterocycles. The van der Waals surface area contributed by atoms with Gasteiger partial charge in [0.2, 0.25) is 5.91 Å². The summed E-state index contributed by atoms with van der Waals surface area (Å²) in [6, 6.07) is 4.57. The fourth-order valence-electron chi connectivity index (χ4n) is 1.79. The van der Waals surface area contributed by atoms with Gasteiger partial charge in [0.05, 0.1) is 6.61 Å². The molecule has 1 fully saturated rings. The Morgan fingerprint density at radius 3 is 3.00 bits per heavy atom. The van der Waals surface area contributed by atoms with Gasteiger partial charge in [-0.15, -0.1) is 0 Å². The van der Waals surface area contributed by atoms with Gasteiger partial charge >= 0.3 is 0 Å². The molecule has 0 spiro atoms. The van der Waals surface area contributed by atoms with Crippen molar-refractivity contribution in [2.24, 2.45) is 5.73 Å². The highest BCUT2D eigenvalue weighted by molar-refractivity contribution is 5.92. The van der Waals surface area contributed by atoms with Gasteiger partial charge in [0.15, 0.2) is 0 Å². The second kappa shape index (κ2) is 5.25. The van der Waals surface area contributed by atoms with Crippen LogP contribution < -0.4 is 11.1 Å². The number of primary amides is 1. The first-order valence-electron chi connectivity index (χ1n) is 5.56. The molecule has 1 saturated heterocycles. The molecule has 1 unspecified atom stereocenters. The molecule has 4 nitrogen and oxygen atoms in total. The molecule has 2 rings (SSSR count). The van der Waals surface area contributed by atoms with Gasteiger partial charge in [0.25, 0.3) is 0 Å². The van der Waals surface area contributed by atoms with Crippen LogP contribution in [-0.2, 0) is 11.3 Å². The fourth-order valence-corrected chi connectivity index (χ4v) is 1.79. The predicted octanol–water partition coefficient (Wildman–Crippen LogP) is 0.803. The van der Waals surface area contributed by atoms with E-state index in [1.807, 2.05) is 0 Å². The number of ether oxygens (including phenoxy) is 1. The molecule has 0 aliphatic carbocycles. The minimum absolute atomic E-state index is 0.190. The van der Waals surface area contributed by atoms with Crippen LogP contribution in [0.5, 0.6) is 0 Å². The van der Waals surface area contributed by atoms with Gasteiger partial charge in [-0.2, -0.15) is 0 Å². The first-order chi connectivity index (χ1) is 8.16. The Kier molecular flexibility index (Phi) is 3.71. The molecule has 5 heteroatoms. The van der Waals surface area contributed by atoms with Crippen LogP contribution in [-0.4, -0.2) is 25.2 Å². The molecule has 0 saturated carbocycles. The molecule has 0 aromatic heterocycles. The third-order valence-electron chi connectivity index (χ3n) is 2.85. The number of benzene rings is 1. The Hall–Kier alpha value is -1.46. The molecule has 1 aromatic carbocycles. The van der Waals surface area contributed by atoms with Gasteiger partial charge in [-0.05, 0) is 18.6 Å². The third-order valence-corrected chi connectivity index (χ3v) is 2.85. The molecule has 3 N–H and O–H groups in total. The van der Waals surface area contributed by atoms with Crippen LogP contribution in [0.25, 0.3) is 0 Å². The van der Waals surface area contributed by atoms with Crippen molar-refractivity contribution in [2.45, 2.75) is 19.0 Å². The van der Waals surface area contributed by atoms with E-state index in [2.05, 4.69) is 5.32 Å². The Morgan fingerprint density at radius 2 is 2.41 bits per heavy atom. The third kappa shape index (κ3) is 3.01. The molecule has 1 atom stereocenters. The lowest BCUT2D eigenvalue weighted by atomic mass is 10.1. The first kappa shape index (κ1) is 12.0. The van der Waals surface area contributed by atoms with E-state index < -0.39 is 11.7 Å². The SMILES string of the molecule is NC(=O)c1ccc(CNC2CCOC2)c(F)c1. The Bertz CT molecular complexity index is 417. The summed E-state index contributed by atoms with van der Waals surface area (Å²) in [5, 5.41) is 3.21. The maximum absolute atomic E-state index is 13.6. The number of nitrogens with one attached hydrogen (secondary N) is 1. The van der Waals surface area contributed by atoms with Crippen LogP contribution in [0.3, 0.4) is 0 Å². The predicted molar refractivity (Wildman–Crippen MR) is 61.0 cm³/mol. The van der Waals surface area contributed by atoms with Crippen LogP contribution >= 0.6 is 0 Å². The summed E-state index contributed by atoms with van der Waals surface area (Å²) < 4.78 is 18.8. The molecule has 17 heavy (non-hydrogen) atoms. The van der Waals surface area contributed by atoms with Gasteiger partial charge < -0.3 is 15.8 Å². The Labute approximate surface area is 98.9 Å². The van der Waals surface area contributed by atoms with Crippen molar-refractivity contribution >= 4 is 5.91 Å². The van der Waals surface area contributed by atoms with E-state index in [-0.39, 0.29) is 11.6 Å². The van der Waals surface area contributed by atoms with Crippen LogP contribution in [0.15, 0.2) is 18.2 Å². The maximum Gasteiger partial charge on any atom is 0.248 e. The molecule has 0 radical (unpaired) electrons. The van der Waals surface area contributed by atoms with Crippen LogP contribution in [0.1, 0.15) is 22.3 Å². The topological polar surface area (TPSA) is 64.4 Å². The number of rotatable bonds is 4. The van der Waals surface area contributed by atoms with Crippen molar-refractivity contribution in [3.63, 3.8) is 0 Å². The Balaban J connectivity index is 1.98. The number of hydrogen-bond donors (Lipinski definition) is 2. The van der Waals surface area contributed by atoms with E-state index in [1.165, 1.54) is 12.1 Å². The zero-order chi connectivity index (χ0) is 12.3. The van der Waals surface area contributed by atoms with Crippen LogP contribution in [0.2, 0.25) is 0 Å². The molecular weight excluding hydrogens is 223 g/mol. The van der Waals surface area contributed by atoms with Gasteiger partial charge in [0, 0.05) is 30.3 Å². The normalized spacial score (nSPS) is 19.5. The lowest BCUT2D eigenvalue weighted by molar-refractivity contribution is 0.1000. The van der Waals surface area contributed by atoms with E-state index in [1.54, 1.807) is 6.07 Å². The van der Waals surface area contributed by atoms with Gasteiger partial charge in [-0.3, -0.25) is 4.79 Å². The van der Waals surface area contributed by atoms with E-state index in [4.69, 9.17) is 10.5 Å². The molecule has 1 heterocycles. The minimum atomic E-state index is -0.618. The number of hydrogen-bond acceptors (Lipinski definition) is 3. The average molecular weight is 238 g/mol. The van der Waals surface area contributed by atoms with E-state index in [0.717, 1.165) is 13.0 Å². The summed E-state index contributed by atoms with van der Waals surface area (Å²) in [7, 11) is 0. The highest BCUT2D eigenvalue weighted by atomic mass is 19.1. The smallest absolute Gasteiger partial charge is 0.248 e. The second-order valence-electron chi connectivity index (χ2n) is 4.11. The summed E-state index contributed by atoms with van der Waals surface area (Å²) in [4.78, 5) is 10.9. The minimum Gasteiger partial charge on any atom is -0.380 e. The Morgan fingerprint density at radius 1 is 1.59 bits per heavy atom. The zero-order valence-electron chi connectivity index (χ0n) is 9.41. The molecule has 1 aromatic rings. The number of carbonyl (C=O) groups is 1. The average Bonchev–Trinajstić information content (AvgIpc) is 2.80. The lowest BCUT2D eigenvalue weighted by Crippen LogP contribution is -2.29. The van der Waals surface area contributed by atoms with E-state index >= 15 is 0 Å². The van der Waals surface area contributed by atoms with E-state index in [0.29, 0.717) is 18.7 Å². The maximum atomic E-state index is 13.6. The monoisotopic (exact) mass is 238 g/mol. The summed E-state index contributed by atoms with van der Waals surface area (Å²) in [6.07, 6.45) is 0.945. The van der Waals surface area contributed by atoms with Crippen molar-refractivity contribution in [3.05, 3.63) is 35.1 Å².